The fourth-order valence-electron chi connectivity index (χ4n) is 2.13. The van der Waals surface area contributed by atoms with Gasteiger partial charge in [-0.15, -0.1) is 0 Å². The zero-order valence-electron chi connectivity index (χ0n) is 14.9. The molecule has 1 aromatic carbocycles. The molecule has 0 unspecified atom stereocenters. The molecule has 0 heterocycles. The molecular weight excluding hydrogens is 312 g/mol. The largest absolute Gasteiger partial charge is 0.493 e. The van der Waals surface area contributed by atoms with E-state index in [2.05, 4.69) is 10.5 Å². The smallest absolute Gasteiger partial charge is 0.260 e. The number of hydrogen-bond acceptors (Lipinski definition) is 6. The van der Waals surface area contributed by atoms with Gasteiger partial charge in [-0.05, 0) is 25.0 Å². The summed E-state index contributed by atoms with van der Waals surface area (Å²) in [5.74, 6) is 1.35. The minimum Gasteiger partial charge on any atom is -0.493 e. The average Bonchev–Trinajstić information content (AvgIpc) is 2.62. The number of carbonyl (C=O) groups excluding carboxylic acids is 1. The fraction of sp³-hybridized carbons (Fsp3) is 0.529. The second-order valence-corrected chi connectivity index (χ2v) is 5.05. The van der Waals surface area contributed by atoms with Gasteiger partial charge in [0.1, 0.15) is 0 Å². The van der Waals surface area contributed by atoms with Gasteiger partial charge in [-0.25, -0.2) is 0 Å². The van der Waals surface area contributed by atoms with E-state index >= 15 is 0 Å². The molecule has 0 spiro atoms. The molecule has 1 rings (SSSR count). The van der Waals surface area contributed by atoms with Crippen LogP contribution in [0.25, 0.3) is 0 Å². The second kappa shape index (κ2) is 10.4. The number of hydrogen-bond donors (Lipinski definition) is 1. The SMILES string of the molecule is CCC(CC)NC(=O)CO/N=C\c1cc(OC)c(OC)c(OC)c1. The Bertz CT molecular complexity index is 531. The molecule has 0 radical (unpaired) electrons. The maximum absolute atomic E-state index is 11.7. The Morgan fingerprint density at radius 2 is 1.71 bits per heavy atom. The van der Waals surface area contributed by atoms with E-state index < -0.39 is 0 Å². The number of rotatable bonds is 10. The van der Waals surface area contributed by atoms with E-state index in [4.69, 9.17) is 19.0 Å². The highest BCUT2D eigenvalue weighted by Crippen LogP contribution is 2.37. The summed E-state index contributed by atoms with van der Waals surface area (Å²) in [5, 5.41) is 6.68. The Morgan fingerprint density at radius 3 is 2.17 bits per heavy atom. The summed E-state index contributed by atoms with van der Waals surface area (Å²) in [6, 6.07) is 3.64. The molecule has 0 aliphatic rings. The number of carbonyl (C=O) groups is 1. The van der Waals surface area contributed by atoms with Crippen LogP contribution in [-0.2, 0) is 9.63 Å². The second-order valence-electron chi connectivity index (χ2n) is 5.05. The highest BCUT2D eigenvalue weighted by Gasteiger charge is 2.12. The van der Waals surface area contributed by atoms with Gasteiger partial charge >= 0.3 is 0 Å². The number of oxime groups is 1. The molecule has 0 aliphatic heterocycles. The lowest BCUT2D eigenvalue weighted by Gasteiger charge is -2.13. The van der Waals surface area contributed by atoms with Crippen LogP contribution in [0.4, 0.5) is 0 Å². The van der Waals surface area contributed by atoms with Crippen LogP contribution in [0.1, 0.15) is 32.3 Å². The quantitative estimate of drug-likeness (QED) is 0.523. The third-order valence-corrected chi connectivity index (χ3v) is 3.51. The van der Waals surface area contributed by atoms with Crippen molar-refractivity contribution in [1.82, 2.24) is 5.32 Å². The first kappa shape index (κ1) is 19.6. The van der Waals surface area contributed by atoms with Gasteiger partial charge in [0, 0.05) is 11.6 Å². The van der Waals surface area contributed by atoms with Crippen LogP contribution in [0.3, 0.4) is 0 Å². The summed E-state index contributed by atoms with van der Waals surface area (Å²) in [6.45, 7) is 3.92. The van der Waals surface area contributed by atoms with E-state index in [1.807, 2.05) is 13.8 Å². The number of nitrogens with one attached hydrogen (secondary N) is 1. The van der Waals surface area contributed by atoms with Gasteiger partial charge in [0.15, 0.2) is 18.1 Å². The number of nitrogens with zero attached hydrogens (tertiary/aromatic N) is 1. The Hall–Kier alpha value is -2.44. The van der Waals surface area contributed by atoms with Crippen LogP contribution in [0.5, 0.6) is 17.2 Å². The third kappa shape index (κ3) is 5.64. The van der Waals surface area contributed by atoms with Crippen LogP contribution < -0.4 is 19.5 Å². The zero-order valence-corrected chi connectivity index (χ0v) is 14.9. The standard InChI is InChI=1S/C17H26N2O5/c1-6-13(7-2)19-16(20)11-24-18-10-12-8-14(21-3)17(23-5)15(9-12)22-4/h8-10,13H,6-7,11H2,1-5H3,(H,19,20)/b18-10-. The molecule has 0 saturated heterocycles. The average molecular weight is 338 g/mol. The van der Waals surface area contributed by atoms with Gasteiger partial charge in [0.25, 0.3) is 5.91 Å². The Kier molecular flexibility index (Phi) is 8.46. The molecule has 0 saturated carbocycles. The molecule has 0 aromatic heterocycles. The van der Waals surface area contributed by atoms with Gasteiger partial charge in [0.05, 0.1) is 27.5 Å². The van der Waals surface area contributed by atoms with Crippen molar-refractivity contribution in [3.63, 3.8) is 0 Å². The van der Waals surface area contributed by atoms with Crippen LogP contribution in [0, 0.1) is 0 Å². The summed E-state index contributed by atoms with van der Waals surface area (Å²) in [4.78, 5) is 16.7. The van der Waals surface area contributed by atoms with Gasteiger partial charge in [-0.3, -0.25) is 4.79 Å². The Morgan fingerprint density at radius 1 is 1.12 bits per heavy atom. The lowest BCUT2D eigenvalue weighted by Crippen LogP contribution is -2.36. The summed E-state index contributed by atoms with van der Waals surface area (Å²) < 4.78 is 15.8. The first-order valence-electron chi connectivity index (χ1n) is 7.84. The normalized spacial score (nSPS) is 10.8. The molecule has 0 atom stereocenters. The van der Waals surface area contributed by atoms with Crippen LogP contribution in [0.15, 0.2) is 17.3 Å². The highest BCUT2D eigenvalue weighted by molar-refractivity contribution is 5.82. The first-order chi connectivity index (χ1) is 11.6. The van der Waals surface area contributed by atoms with Crippen LogP contribution in [0.2, 0.25) is 0 Å². The van der Waals surface area contributed by atoms with E-state index in [9.17, 15) is 4.79 Å². The van der Waals surface area contributed by atoms with Crippen LogP contribution in [-0.4, -0.2) is 46.1 Å². The molecule has 134 valence electrons. The number of amides is 1. The zero-order chi connectivity index (χ0) is 17.9. The van der Waals surface area contributed by atoms with Gasteiger partial charge < -0.3 is 24.4 Å². The topological polar surface area (TPSA) is 78.4 Å². The van der Waals surface area contributed by atoms with Gasteiger partial charge in [-0.1, -0.05) is 19.0 Å². The summed E-state index contributed by atoms with van der Waals surface area (Å²) in [5.41, 5.74) is 0.699. The maximum atomic E-state index is 11.7. The molecule has 7 nitrogen and oxygen atoms in total. The number of methoxy groups -OCH3 is 3. The third-order valence-electron chi connectivity index (χ3n) is 3.51. The minimum absolute atomic E-state index is 0.128. The van der Waals surface area contributed by atoms with Crippen LogP contribution >= 0.6 is 0 Å². The van der Waals surface area contributed by atoms with E-state index in [0.717, 1.165) is 12.8 Å². The summed E-state index contributed by atoms with van der Waals surface area (Å²) >= 11 is 0. The summed E-state index contributed by atoms with van der Waals surface area (Å²) in [7, 11) is 4.61. The molecule has 24 heavy (non-hydrogen) atoms. The van der Waals surface area contributed by atoms with Crippen molar-refractivity contribution in [3.05, 3.63) is 17.7 Å². The molecule has 1 N–H and O–H groups in total. The molecule has 0 aliphatic carbocycles. The predicted molar refractivity (Wildman–Crippen MR) is 92.2 cm³/mol. The van der Waals surface area contributed by atoms with Gasteiger partial charge in [-0.2, -0.15) is 0 Å². The molecule has 0 fully saturated rings. The summed E-state index contributed by atoms with van der Waals surface area (Å²) in [6.07, 6.45) is 3.25. The van der Waals surface area contributed by atoms with Crippen molar-refractivity contribution >= 4 is 12.1 Å². The number of benzene rings is 1. The highest BCUT2D eigenvalue weighted by atomic mass is 16.6. The maximum Gasteiger partial charge on any atom is 0.260 e. The predicted octanol–water partition coefficient (Wildman–Crippen LogP) is 2.37. The first-order valence-corrected chi connectivity index (χ1v) is 7.84. The lowest BCUT2D eigenvalue weighted by atomic mass is 10.2. The van der Waals surface area contributed by atoms with Gasteiger partial charge in [0.2, 0.25) is 5.75 Å². The van der Waals surface area contributed by atoms with Crippen molar-refractivity contribution in [2.24, 2.45) is 5.16 Å². The van der Waals surface area contributed by atoms with Crippen molar-refractivity contribution < 1.29 is 23.8 Å². The van der Waals surface area contributed by atoms with E-state index in [0.29, 0.717) is 22.8 Å². The van der Waals surface area contributed by atoms with Crippen molar-refractivity contribution in [1.29, 1.82) is 0 Å². The van der Waals surface area contributed by atoms with E-state index in [1.165, 1.54) is 27.5 Å². The van der Waals surface area contributed by atoms with Crippen molar-refractivity contribution in [2.75, 3.05) is 27.9 Å². The number of ether oxygens (including phenoxy) is 3. The Labute approximate surface area is 142 Å². The molecule has 1 aromatic rings. The fourth-order valence-corrected chi connectivity index (χ4v) is 2.13. The molecule has 7 heteroatoms. The monoisotopic (exact) mass is 338 g/mol. The molecule has 1 amide bonds. The Balaban J connectivity index is 2.66. The van der Waals surface area contributed by atoms with Crippen molar-refractivity contribution in [2.45, 2.75) is 32.7 Å². The van der Waals surface area contributed by atoms with Crippen molar-refractivity contribution in [3.8, 4) is 17.2 Å². The molecule has 0 bridgehead atoms. The molecular formula is C17H26N2O5. The van der Waals surface area contributed by atoms with E-state index in [1.54, 1.807) is 12.1 Å². The minimum atomic E-state index is -0.189. The van der Waals surface area contributed by atoms with E-state index in [-0.39, 0.29) is 18.6 Å². The lowest BCUT2D eigenvalue weighted by molar-refractivity contribution is -0.126.